The number of carbonyl (C=O) groups is 1. The van der Waals surface area contributed by atoms with Gasteiger partial charge < -0.3 is 15.4 Å². The van der Waals surface area contributed by atoms with Crippen molar-refractivity contribution in [3.8, 4) is 0 Å². The topological polar surface area (TPSA) is 78.0 Å². The second-order valence-corrected chi connectivity index (χ2v) is 9.38. The molecule has 0 aliphatic rings. The average Bonchev–Trinajstić information content (AvgIpc) is 3.42. The van der Waals surface area contributed by atoms with Gasteiger partial charge in [-0.2, -0.15) is 0 Å². The molecule has 5 aromatic rings. The van der Waals surface area contributed by atoms with E-state index in [9.17, 15) is 9.90 Å². The van der Waals surface area contributed by atoms with E-state index in [1.54, 1.807) is 12.5 Å². The van der Waals surface area contributed by atoms with Crippen molar-refractivity contribution >= 4 is 27.5 Å². The summed E-state index contributed by atoms with van der Waals surface area (Å²) < 4.78 is 0. The fourth-order valence-corrected chi connectivity index (χ4v) is 5.09. The van der Waals surface area contributed by atoms with Crippen molar-refractivity contribution in [1.82, 2.24) is 15.3 Å². The van der Waals surface area contributed by atoms with Crippen LogP contribution in [0.15, 0.2) is 97.5 Å². The fraction of sp³-hybridized carbons (Fsp3) is 0.226. The molecule has 0 radical (unpaired) electrons. The molecule has 5 nitrogen and oxygen atoms in total. The highest BCUT2D eigenvalue weighted by molar-refractivity contribution is 5.88. The summed E-state index contributed by atoms with van der Waals surface area (Å²) in [5.74, 6) is -0.251. The number of amides is 1. The SMILES string of the molecule is O=C(N[C@H](CCO)Cc1cnc[nH]1)C(Cc1cccc2ccccc12)Cc1cccc2ccccc12. The molecule has 0 saturated heterocycles. The van der Waals surface area contributed by atoms with E-state index in [0.29, 0.717) is 25.7 Å². The Bertz CT molecular complexity index is 1350. The number of rotatable bonds is 10. The van der Waals surface area contributed by atoms with Crippen LogP contribution in [0, 0.1) is 5.92 Å². The Morgan fingerprint density at radius 2 is 1.39 bits per heavy atom. The average molecular weight is 478 g/mol. The highest BCUT2D eigenvalue weighted by Gasteiger charge is 2.24. The van der Waals surface area contributed by atoms with Gasteiger partial charge in [-0.15, -0.1) is 0 Å². The molecule has 4 aromatic carbocycles. The predicted octanol–water partition coefficient (Wildman–Crippen LogP) is 5.23. The minimum Gasteiger partial charge on any atom is -0.396 e. The lowest BCUT2D eigenvalue weighted by Gasteiger charge is -2.23. The van der Waals surface area contributed by atoms with Crippen molar-refractivity contribution in [3.63, 3.8) is 0 Å². The normalized spacial score (nSPS) is 12.3. The Hall–Kier alpha value is -3.96. The van der Waals surface area contributed by atoms with Crippen LogP contribution in [0.1, 0.15) is 23.2 Å². The van der Waals surface area contributed by atoms with Gasteiger partial charge in [-0.05, 0) is 51.9 Å². The molecule has 36 heavy (non-hydrogen) atoms. The first-order chi connectivity index (χ1) is 17.7. The summed E-state index contributed by atoms with van der Waals surface area (Å²) in [7, 11) is 0. The van der Waals surface area contributed by atoms with Gasteiger partial charge in [-0.1, -0.05) is 84.9 Å². The summed E-state index contributed by atoms with van der Waals surface area (Å²) in [4.78, 5) is 21.0. The van der Waals surface area contributed by atoms with E-state index in [0.717, 1.165) is 5.69 Å². The number of hydrogen-bond acceptors (Lipinski definition) is 3. The summed E-state index contributed by atoms with van der Waals surface area (Å²) in [6.07, 6.45) is 5.75. The van der Waals surface area contributed by atoms with E-state index >= 15 is 0 Å². The highest BCUT2D eigenvalue weighted by atomic mass is 16.3. The zero-order valence-electron chi connectivity index (χ0n) is 20.2. The number of nitrogens with zero attached hydrogens (tertiary/aromatic N) is 1. The standard InChI is InChI=1S/C31H31N3O2/c35-16-15-27(19-28-20-32-21-33-28)34-31(36)26(17-24-11-5-9-22-7-1-3-13-29(22)24)18-25-12-6-10-23-8-2-4-14-30(23)25/h1-14,20-21,26-27,35H,15-19H2,(H,32,33)(H,34,36)/t27-/m1/s1. The number of imidazole rings is 1. The molecule has 1 amide bonds. The van der Waals surface area contributed by atoms with E-state index in [2.05, 4.69) is 75.9 Å². The van der Waals surface area contributed by atoms with Crippen molar-refractivity contribution in [2.45, 2.75) is 31.7 Å². The van der Waals surface area contributed by atoms with Crippen LogP contribution in [0.5, 0.6) is 0 Å². The lowest BCUT2D eigenvalue weighted by Crippen LogP contribution is -2.42. The summed E-state index contributed by atoms with van der Waals surface area (Å²) >= 11 is 0. The number of benzene rings is 4. The molecule has 0 saturated carbocycles. The molecular weight excluding hydrogens is 446 g/mol. The number of aromatic amines is 1. The molecule has 3 N–H and O–H groups in total. The third-order valence-electron chi connectivity index (χ3n) is 6.91. The monoisotopic (exact) mass is 477 g/mol. The zero-order chi connectivity index (χ0) is 24.7. The fourth-order valence-electron chi connectivity index (χ4n) is 5.09. The Balaban J connectivity index is 1.46. The van der Waals surface area contributed by atoms with Gasteiger partial charge >= 0.3 is 0 Å². The number of aromatic nitrogens is 2. The van der Waals surface area contributed by atoms with Crippen LogP contribution in [0.25, 0.3) is 21.5 Å². The Kier molecular flexibility index (Phi) is 7.39. The number of nitrogens with one attached hydrogen (secondary N) is 2. The minimum absolute atomic E-state index is 0.00818. The predicted molar refractivity (Wildman–Crippen MR) is 145 cm³/mol. The molecule has 1 atom stereocenters. The van der Waals surface area contributed by atoms with Gasteiger partial charge in [0.25, 0.3) is 0 Å². The second kappa shape index (κ2) is 11.2. The molecule has 0 aliphatic heterocycles. The van der Waals surface area contributed by atoms with Crippen LogP contribution < -0.4 is 5.32 Å². The first-order valence-corrected chi connectivity index (χ1v) is 12.5. The number of aliphatic hydroxyl groups is 1. The largest absolute Gasteiger partial charge is 0.396 e. The lowest BCUT2D eigenvalue weighted by atomic mass is 9.87. The minimum atomic E-state index is -0.260. The van der Waals surface area contributed by atoms with E-state index in [-0.39, 0.29) is 24.5 Å². The number of fused-ring (bicyclic) bond motifs is 2. The molecule has 0 unspecified atom stereocenters. The van der Waals surface area contributed by atoms with E-state index in [1.807, 2.05) is 24.3 Å². The van der Waals surface area contributed by atoms with Crippen LogP contribution in [0.2, 0.25) is 0 Å². The molecule has 0 spiro atoms. The van der Waals surface area contributed by atoms with Gasteiger partial charge in [0.2, 0.25) is 5.91 Å². The van der Waals surface area contributed by atoms with Crippen molar-refractivity contribution < 1.29 is 9.90 Å². The van der Waals surface area contributed by atoms with Crippen molar-refractivity contribution in [2.75, 3.05) is 6.61 Å². The molecule has 1 aromatic heterocycles. The second-order valence-electron chi connectivity index (χ2n) is 9.38. The number of hydrogen-bond donors (Lipinski definition) is 3. The molecule has 5 heteroatoms. The van der Waals surface area contributed by atoms with Crippen LogP contribution in [0.3, 0.4) is 0 Å². The third kappa shape index (κ3) is 5.47. The Morgan fingerprint density at radius 1 is 0.806 bits per heavy atom. The molecular formula is C31H31N3O2. The van der Waals surface area contributed by atoms with Gasteiger partial charge in [-0.3, -0.25) is 4.79 Å². The third-order valence-corrected chi connectivity index (χ3v) is 6.91. The Morgan fingerprint density at radius 3 is 1.94 bits per heavy atom. The number of aliphatic hydroxyl groups excluding tert-OH is 1. The van der Waals surface area contributed by atoms with Crippen LogP contribution in [0.4, 0.5) is 0 Å². The van der Waals surface area contributed by atoms with Crippen molar-refractivity contribution in [1.29, 1.82) is 0 Å². The van der Waals surface area contributed by atoms with Crippen LogP contribution in [-0.2, 0) is 24.1 Å². The summed E-state index contributed by atoms with van der Waals surface area (Å²) in [5.41, 5.74) is 3.27. The van der Waals surface area contributed by atoms with Crippen LogP contribution >= 0.6 is 0 Å². The van der Waals surface area contributed by atoms with Gasteiger partial charge in [-0.25, -0.2) is 4.98 Å². The first-order valence-electron chi connectivity index (χ1n) is 12.5. The first kappa shape index (κ1) is 23.8. The lowest BCUT2D eigenvalue weighted by molar-refractivity contribution is -0.125. The van der Waals surface area contributed by atoms with E-state index in [4.69, 9.17) is 0 Å². The van der Waals surface area contributed by atoms with Crippen LogP contribution in [-0.4, -0.2) is 33.6 Å². The molecule has 1 heterocycles. The van der Waals surface area contributed by atoms with Gasteiger partial charge in [0.15, 0.2) is 0 Å². The number of carbonyl (C=O) groups excluding carboxylic acids is 1. The maximum absolute atomic E-state index is 13.8. The molecule has 182 valence electrons. The molecule has 0 fully saturated rings. The maximum Gasteiger partial charge on any atom is 0.224 e. The highest BCUT2D eigenvalue weighted by Crippen LogP contribution is 2.26. The van der Waals surface area contributed by atoms with Gasteiger partial charge in [0.05, 0.1) is 6.33 Å². The Labute approximate surface area is 211 Å². The van der Waals surface area contributed by atoms with E-state index in [1.165, 1.54) is 32.7 Å². The molecule has 0 aliphatic carbocycles. The van der Waals surface area contributed by atoms with E-state index < -0.39 is 0 Å². The molecule has 0 bridgehead atoms. The zero-order valence-corrected chi connectivity index (χ0v) is 20.2. The quantitative estimate of drug-likeness (QED) is 0.258. The molecule has 5 rings (SSSR count). The van der Waals surface area contributed by atoms with Crippen molar-refractivity contribution in [3.05, 3.63) is 114 Å². The number of H-pyrrole nitrogens is 1. The summed E-state index contributed by atoms with van der Waals surface area (Å²) in [6, 6.07) is 29.1. The van der Waals surface area contributed by atoms with Gasteiger partial charge in [0.1, 0.15) is 0 Å². The van der Waals surface area contributed by atoms with Gasteiger partial charge in [0, 0.05) is 36.9 Å². The summed E-state index contributed by atoms with van der Waals surface area (Å²) in [6.45, 7) is 0.0103. The maximum atomic E-state index is 13.8. The smallest absolute Gasteiger partial charge is 0.224 e. The van der Waals surface area contributed by atoms with Crippen molar-refractivity contribution in [2.24, 2.45) is 5.92 Å². The summed E-state index contributed by atoms with van der Waals surface area (Å²) in [5, 5.41) is 17.6.